The largest absolute Gasteiger partial charge is 2.00 e. The first-order valence-corrected chi connectivity index (χ1v) is 14.4. The summed E-state index contributed by atoms with van der Waals surface area (Å²) in [5.41, 5.74) is -0.800. The van der Waals surface area contributed by atoms with E-state index in [0.29, 0.717) is 0 Å². The molecule has 0 radical (unpaired) electrons. The monoisotopic (exact) mass is 752 g/mol. The smallest absolute Gasteiger partial charge is 0.545 e. The summed E-state index contributed by atoms with van der Waals surface area (Å²) in [6.07, 6.45) is 0. The molecule has 0 aliphatic heterocycles. The summed E-state index contributed by atoms with van der Waals surface area (Å²) in [6.45, 7) is 0. The van der Waals surface area contributed by atoms with Gasteiger partial charge in [-0.25, -0.2) is 0 Å². The fourth-order valence-electron chi connectivity index (χ4n) is 6.34. The molecule has 0 bridgehead atoms. The first-order valence-electron chi connectivity index (χ1n) is 14.4. The summed E-state index contributed by atoms with van der Waals surface area (Å²) in [4.78, 5) is 20.4. The van der Waals surface area contributed by atoms with Crippen LogP contribution in [0.4, 0.5) is 0 Å². The molecule has 0 heterocycles. The molecule has 0 aromatic heterocycles. The molecule has 0 saturated heterocycles. The van der Waals surface area contributed by atoms with Crippen LogP contribution in [0.25, 0.3) is 64.6 Å². The average molecular weight is 751 g/mol. The van der Waals surface area contributed by atoms with E-state index in [1.807, 2.05) is 0 Å². The molecule has 49 heavy (non-hydrogen) atoms. The molecule has 0 saturated carbocycles. The Morgan fingerprint density at radius 1 is 0.367 bits per heavy atom. The normalized spacial score (nSPS) is 11.1. The van der Waals surface area contributed by atoms with E-state index in [1.54, 1.807) is 0 Å². The molecular formula is C38H22CdO10. The molecule has 0 unspecified atom stereocenters. The molecule has 0 aliphatic carbocycles. The van der Waals surface area contributed by atoms with Crippen molar-refractivity contribution in [2.24, 2.45) is 0 Å². The number of aromatic hydroxyl groups is 6. The summed E-state index contributed by atoms with van der Waals surface area (Å²) in [5.74, 6) is -7.38. The van der Waals surface area contributed by atoms with E-state index in [9.17, 15) is 19.8 Å². The van der Waals surface area contributed by atoms with E-state index in [-0.39, 0.29) is 27.3 Å². The van der Waals surface area contributed by atoms with Crippen LogP contribution in [0.15, 0.2) is 97.1 Å². The maximum absolute atomic E-state index is 10.2. The fourth-order valence-corrected chi connectivity index (χ4v) is 6.34. The van der Waals surface area contributed by atoms with E-state index in [4.69, 9.17) is 30.6 Å². The summed E-state index contributed by atoms with van der Waals surface area (Å²) in [6, 6.07) is 30.4. The van der Waals surface area contributed by atoms with Gasteiger partial charge >= 0.3 is 27.3 Å². The molecule has 236 valence electrons. The van der Waals surface area contributed by atoms with Crippen molar-refractivity contribution in [3.63, 3.8) is 0 Å². The van der Waals surface area contributed by atoms with E-state index in [0.717, 1.165) is 24.3 Å². The zero-order chi connectivity index (χ0) is 34.0. The molecule has 6 N–H and O–H groups in total. The number of benzene rings is 9. The third kappa shape index (κ3) is 5.35. The average Bonchev–Trinajstić information content (AvgIpc) is 3.08. The van der Waals surface area contributed by atoms with Gasteiger partial charge in [0.15, 0.2) is 34.5 Å². The van der Waals surface area contributed by atoms with Crippen molar-refractivity contribution < 1.29 is 77.7 Å². The number of carboxylic acid groups (broad SMARTS) is 2. The Kier molecular flexibility index (Phi) is 8.20. The van der Waals surface area contributed by atoms with Crippen LogP contribution in [0.1, 0.15) is 20.7 Å². The Hall–Kier alpha value is -6.02. The van der Waals surface area contributed by atoms with Gasteiger partial charge in [-0.3, -0.25) is 0 Å². The van der Waals surface area contributed by atoms with Crippen LogP contribution < -0.4 is 10.2 Å². The van der Waals surface area contributed by atoms with Crippen LogP contribution in [0.5, 0.6) is 34.5 Å². The van der Waals surface area contributed by atoms with Crippen molar-refractivity contribution in [2.45, 2.75) is 0 Å². The van der Waals surface area contributed by atoms with Gasteiger partial charge in [-0.15, -0.1) is 0 Å². The Balaban J connectivity index is 0.000000143. The maximum Gasteiger partial charge on any atom is 2.00 e. The third-order valence-corrected chi connectivity index (χ3v) is 8.50. The Morgan fingerprint density at radius 3 is 0.673 bits per heavy atom. The van der Waals surface area contributed by atoms with Gasteiger partial charge < -0.3 is 50.4 Å². The number of phenols is 6. The molecule has 0 aliphatic rings. The first-order chi connectivity index (χ1) is 22.9. The van der Waals surface area contributed by atoms with E-state index < -0.39 is 57.6 Å². The van der Waals surface area contributed by atoms with Gasteiger partial charge in [-0.1, -0.05) is 72.8 Å². The molecule has 0 atom stereocenters. The van der Waals surface area contributed by atoms with Crippen LogP contribution >= 0.6 is 0 Å². The van der Waals surface area contributed by atoms with Gasteiger partial charge in [0.25, 0.3) is 0 Å². The van der Waals surface area contributed by atoms with Gasteiger partial charge in [0.2, 0.25) is 0 Å². The summed E-state index contributed by atoms with van der Waals surface area (Å²) < 4.78 is 0. The molecule has 11 heteroatoms. The predicted octanol–water partition coefficient (Wildman–Crippen LogP) is 5.25. The van der Waals surface area contributed by atoms with Crippen LogP contribution in [0.3, 0.4) is 0 Å². The number of phenolic OH excluding ortho intramolecular Hbond substituents is 6. The van der Waals surface area contributed by atoms with Gasteiger partial charge in [-0.05, 0) is 88.9 Å². The molecule has 9 rings (SSSR count). The second-order valence-corrected chi connectivity index (χ2v) is 11.3. The molecule has 10 nitrogen and oxygen atoms in total. The Labute approximate surface area is 295 Å². The number of carbonyl (C=O) groups is 2. The summed E-state index contributed by atoms with van der Waals surface area (Å²) >= 11 is 0. The van der Waals surface area contributed by atoms with Crippen molar-refractivity contribution in [1.29, 1.82) is 0 Å². The Bertz CT molecular complexity index is 2200. The van der Waals surface area contributed by atoms with Crippen molar-refractivity contribution in [3.8, 4) is 34.5 Å². The Morgan fingerprint density at radius 2 is 0.531 bits per heavy atom. The van der Waals surface area contributed by atoms with Gasteiger partial charge in [0.1, 0.15) is 0 Å². The van der Waals surface area contributed by atoms with E-state index >= 15 is 0 Å². The quantitative estimate of drug-likeness (QED) is 0.0587. The summed E-state index contributed by atoms with van der Waals surface area (Å²) in [5, 5.41) is 90.0. The minimum atomic E-state index is -1.54. The van der Waals surface area contributed by atoms with Crippen LogP contribution in [-0.4, -0.2) is 42.6 Å². The second-order valence-electron chi connectivity index (χ2n) is 11.3. The number of hydrogen-bond acceptors (Lipinski definition) is 10. The second kappa shape index (κ2) is 12.2. The van der Waals surface area contributed by atoms with Gasteiger partial charge in [0.05, 0.1) is 11.9 Å². The number of carbonyl (C=O) groups excluding carboxylic acids is 2. The fraction of sp³-hybridized carbons (Fsp3) is 0. The number of hydrogen-bond donors (Lipinski definition) is 6. The third-order valence-electron chi connectivity index (χ3n) is 8.50. The zero-order valence-corrected chi connectivity index (χ0v) is 29.3. The number of carboxylic acids is 2. The predicted molar refractivity (Wildman–Crippen MR) is 177 cm³/mol. The van der Waals surface area contributed by atoms with Crippen LogP contribution in [-0.2, 0) is 27.3 Å². The van der Waals surface area contributed by atoms with Crippen LogP contribution in [0, 0.1) is 0 Å². The topological polar surface area (TPSA) is 202 Å². The molecule has 9 aromatic rings. The first kappa shape index (κ1) is 32.9. The van der Waals surface area contributed by atoms with E-state index in [1.165, 1.54) is 64.6 Å². The minimum Gasteiger partial charge on any atom is -0.545 e. The molecular weight excluding hydrogens is 729 g/mol. The zero-order valence-electron chi connectivity index (χ0n) is 25.3. The van der Waals surface area contributed by atoms with Gasteiger partial charge in [-0.2, -0.15) is 0 Å². The van der Waals surface area contributed by atoms with Gasteiger partial charge in [0, 0.05) is 11.1 Å². The minimum absolute atomic E-state index is 0. The SMILES string of the molecule is O=C([O-])c1cc(O)c(O)c(O)c1.O=C([O-])c1cc(O)c(O)c(O)c1.[Cd+2].c1cc2ccc3ccc4ccc5ccc6ccc1c1c2c3c4c5c61. The maximum atomic E-state index is 10.2. The molecule has 9 aromatic carbocycles. The van der Waals surface area contributed by atoms with Crippen molar-refractivity contribution in [2.75, 3.05) is 0 Å². The van der Waals surface area contributed by atoms with Crippen molar-refractivity contribution in [3.05, 3.63) is 108 Å². The van der Waals surface area contributed by atoms with Crippen molar-refractivity contribution >= 4 is 76.6 Å². The summed E-state index contributed by atoms with van der Waals surface area (Å²) in [7, 11) is 0. The van der Waals surface area contributed by atoms with Crippen LogP contribution in [0.2, 0.25) is 0 Å². The number of aromatic carboxylic acids is 2. The van der Waals surface area contributed by atoms with Crippen molar-refractivity contribution in [1.82, 2.24) is 0 Å². The molecule has 0 fully saturated rings. The molecule has 0 spiro atoms. The standard InChI is InChI=1S/C24H12.2C7H6O5.Cd/c1-2-14-5-6-16-9-11-18-12-10-17-8-7-15-4-3-13(1)19-20(14)22(16)24(18)23(17)21(15)19;2*8-4-1-3(7(11)12)2-5(9)6(4)10;/h1-12H;2*1-2,8-10H,(H,11,12);/q;;;+2/p-2. The van der Waals surface area contributed by atoms with E-state index in [2.05, 4.69) is 72.8 Å². The number of rotatable bonds is 2. The molecule has 0 amide bonds.